The van der Waals surface area contributed by atoms with Crippen LogP contribution in [0.1, 0.15) is 37.7 Å². The summed E-state index contributed by atoms with van der Waals surface area (Å²) < 4.78 is 58.5. The zero-order valence-electron chi connectivity index (χ0n) is 27.6. The fraction of sp³-hybridized carbons (Fsp3) is 0.351. The lowest BCUT2D eigenvalue weighted by Gasteiger charge is -2.33. The number of nitriles is 1. The fourth-order valence-corrected chi connectivity index (χ4v) is 9.33. The molecule has 0 amide bonds. The highest BCUT2D eigenvalue weighted by molar-refractivity contribution is 7.23. The van der Waals surface area contributed by atoms with Crippen LogP contribution in [0.15, 0.2) is 42.5 Å². The van der Waals surface area contributed by atoms with Gasteiger partial charge >= 0.3 is 12.0 Å². The number of alkyl halides is 1. The number of ether oxygens (including phenoxy) is 2. The molecule has 0 bridgehead atoms. The monoisotopic (exact) mass is 766 g/mol. The first kappa shape index (κ1) is 34.7. The van der Waals surface area contributed by atoms with Crippen LogP contribution in [0.4, 0.5) is 24.0 Å². The highest BCUT2D eigenvalue weighted by Crippen LogP contribution is 2.46. The van der Waals surface area contributed by atoms with Crippen molar-refractivity contribution in [3.8, 4) is 29.0 Å². The largest absolute Gasteiger partial charge is 0.461 e. The Morgan fingerprint density at radius 3 is 2.67 bits per heavy atom. The van der Waals surface area contributed by atoms with E-state index in [2.05, 4.69) is 9.88 Å². The van der Waals surface area contributed by atoms with Crippen LogP contribution in [0.2, 0.25) is 10.0 Å². The number of carbonyl (C=O) groups is 1. The number of nitrogens with zero attached hydrogens (tertiary/aromatic N) is 5. The molecular formula is C37H31Cl2F3N6O3S. The van der Waals surface area contributed by atoms with Crippen LogP contribution in [-0.2, 0) is 4.79 Å². The molecule has 0 spiro atoms. The Labute approximate surface area is 310 Å². The molecule has 8 rings (SSSR count). The van der Waals surface area contributed by atoms with Crippen molar-refractivity contribution in [2.24, 2.45) is 5.92 Å². The number of para-hydroxylation sites is 1. The Hall–Kier alpha value is -4.35. The van der Waals surface area contributed by atoms with Gasteiger partial charge in [0.2, 0.25) is 0 Å². The summed E-state index contributed by atoms with van der Waals surface area (Å²) >= 11 is 13.9. The van der Waals surface area contributed by atoms with Crippen LogP contribution < -0.4 is 20.1 Å². The molecule has 3 aliphatic heterocycles. The molecule has 2 N–H and O–H groups in total. The molecule has 3 fully saturated rings. The van der Waals surface area contributed by atoms with Gasteiger partial charge in [-0.1, -0.05) is 41.4 Å². The van der Waals surface area contributed by atoms with Crippen LogP contribution in [0.25, 0.3) is 32.1 Å². The van der Waals surface area contributed by atoms with Crippen molar-refractivity contribution in [3.05, 3.63) is 69.7 Å². The van der Waals surface area contributed by atoms with Gasteiger partial charge in [-0.3, -0.25) is 9.69 Å². The van der Waals surface area contributed by atoms with Gasteiger partial charge in [-0.05, 0) is 62.1 Å². The summed E-state index contributed by atoms with van der Waals surface area (Å²) in [6, 6.07) is 12.8. The molecule has 0 aliphatic carbocycles. The number of fused-ring (bicyclic) bond motifs is 3. The van der Waals surface area contributed by atoms with E-state index in [0.717, 1.165) is 30.7 Å². The summed E-state index contributed by atoms with van der Waals surface area (Å²) in [5.41, 5.74) is 5.59. The maximum atomic E-state index is 17.0. The molecule has 9 nitrogen and oxygen atoms in total. The third-order valence-electron chi connectivity index (χ3n) is 10.4. The Bertz CT molecular complexity index is 2300. The van der Waals surface area contributed by atoms with Gasteiger partial charge in [0.15, 0.2) is 5.82 Å². The van der Waals surface area contributed by atoms with Gasteiger partial charge in [-0.2, -0.15) is 15.2 Å². The number of aromatic nitrogens is 2. The minimum atomic E-state index is -0.970. The number of rotatable bonds is 7. The summed E-state index contributed by atoms with van der Waals surface area (Å²) in [5.74, 6) is -1.60. The van der Waals surface area contributed by atoms with E-state index in [1.807, 2.05) is 11.0 Å². The molecule has 52 heavy (non-hydrogen) atoms. The fourth-order valence-electron chi connectivity index (χ4n) is 7.91. The van der Waals surface area contributed by atoms with Gasteiger partial charge in [-0.25, -0.2) is 13.2 Å². The highest BCUT2D eigenvalue weighted by atomic mass is 35.5. The van der Waals surface area contributed by atoms with Crippen LogP contribution >= 0.6 is 34.5 Å². The van der Waals surface area contributed by atoms with Crippen molar-refractivity contribution in [3.63, 3.8) is 0 Å². The van der Waals surface area contributed by atoms with Gasteiger partial charge in [0.25, 0.3) is 0 Å². The van der Waals surface area contributed by atoms with Crippen molar-refractivity contribution in [2.75, 3.05) is 43.4 Å². The molecule has 3 aliphatic rings. The normalized spacial score (nSPS) is 20.8. The molecule has 5 aromatic rings. The van der Waals surface area contributed by atoms with E-state index in [1.165, 1.54) is 12.1 Å². The first-order valence-electron chi connectivity index (χ1n) is 16.9. The van der Waals surface area contributed by atoms with Crippen molar-refractivity contribution >= 4 is 72.3 Å². The number of anilines is 2. The Morgan fingerprint density at radius 1 is 1.12 bits per heavy atom. The predicted octanol–water partition coefficient (Wildman–Crippen LogP) is 8.33. The Kier molecular flexibility index (Phi) is 9.06. The minimum Gasteiger partial charge on any atom is -0.461 e. The van der Waals surface area contributed by atoms with E-state index in [4.69, 9.17) is 43.4 Å². The third-order valence-corrected chi connectivity index (χ3v) is 12.1. The molecule has 0 saturated carbocycles. The molecule has 3 saturated heterocycles. The van der Waals surface area contributed by atoms with Gasteiger partial charge in [-0.15, -0.1) is 11.3 Å². The molecule has 5 heterocycles. The smallest absolute Gasteiger partial charge is 0.319 e. The average Bonchev–Trinajstić information content (AvgIpc) is 3.78. The molecule has 2 atom stereocenters. The van der Waals surface area contributed by atoms with Gasteiger partial charge in [0.1, 0.15) is 46.8 Å². The number of benzene rings is 3. The summed E-state index contributed by atoms with van der Waals surface area (Å²) in [5, 5.41) is 10.8. The van der Waals surface area contributed by atoms with E-state index in [-0.39, 0.29) is 60.7 Å². The highest BCUT2D eigenvalue weighted by Gasteiger charge is 2.49. The van der Waals surface area contributed by atoms with Crippen LogP contribution in [0.3, 0.4) is 0 Å². The average molecular weight is 768 g/mol. The number of hydrogen-bond donors (Lipinski definition) is 1. The quantitative estimate of drug-likeness (QED) is 0.129. The van der Waals surface area contributed by atoms with E-state index in [1.54, 1.807) is 30.3 Å². The number of nitrogens with two attached hydrogens (primary N) is 1. The first-order chi connectivity index (χ1) is 25.1. The van der Waals surface area contributed by atoms with Crippen molar-refractivity contribution in [1.29, 1.82) is 5.26 Å². The third kappa shape index (κ3) is 5.95. The topological polar surface area (TPSA) is 118 Å². The van der Waals surface area contributed by atoms with E-state index in [9.17, 15) is 18.8 Å². The lowest BCUT2D eigenvalue weighted by atomic mass is 9.95. The number of nitrogen functional groups attached to an aromatic ring is 1. The molecule has 0 unspecified atom stereocenters. The number of thiophene rings is 1. The van der Waals surface area contributed by atoms with E-state index in [0.29, 0.717) is 55.1 Å². The lowest BCUT2D eigenvalue weighted by molar-refractivity contribution is -0.139. The zero-order chi connectivity index (χ0) is 36.3. The van der Waals surface area contributed by atoms with E-state index < -0.39 is 35.2 Å². The van der Waals surface area contributed by atoms with Gasteiger partial charge < -0.3 is 20.1 Å². The first-order valence-corrected chi connectivity index (χ1v) is 18.5. The second-order valence-electron chi connectivity index (χ2n) is 13.5. The molecular weight excluding hydrogens is 736 g/mol. The number of carbonyl (C=O) groups excluding carboxylic acids is 1. The van der Waals surface area contributed by atoms with Gasteiger partial charge in [0.05, 0.1) is 31.8 Å². The number of hydrogen-bond acceptors (Lipinski definition) is 10. The van der Waals surface area contributed by atoms with Crippen LogP contribution in [-0.4, -0.2) is 65.3 Å². The Balaban J connectivity index is 1.18. The van der Waals surface area contributed by atoms with E-state index >= 15 is 4.39 Å². The van der Waals surface area contributed by atoms with Crippen molar-refractivity contribution < 1.29 is 27.4 Å². The van der Waals surface area contributed by atoms with Crippen molar-refractivity contribution in [1.82, 2.24) is 14.9 Å². The molecule has 3 aromatic carbocycles. The molecule has 15 heteroatoms. The standard InChI is InChI=1S/C37H31Cl2F3N6O3S/c38-24-4-1-2-5-27(24)51-35(49)19-8-12-47(13-9-19)34-22-14-25(39)29(21-6-7-26(41)32-28(21)23(16-43)33(44)52-32)30(42)31(22)45-36(46-34)50-18-37-10-3-11-48(37)17-20(40)15-37/h1-2,4-7,14,19-20H,3,8-13,15,17-18,44H2/t20-,37+/m1/s1. The maximum absolute atomic E-state index is 17.0. The SMILES string of the molecule is N#Cc1c(N)sc2c(F)ccc(-c3c(Cl)cc4c(N5CCC(C(=O)Oc6ccccc6Cl)CC5)nc(OC[C@@]56CCCN5C[C@H](F)C6)nc4c3F)c12. The summed E-state index contributed by atoms with van der Waals surface area (Å²) in [6.45, 7) is 1.96. The second kappa shape index (κ2) is 13.6. The number of halogens is 5. The Morgan fingerprint density at radius 2 is 1.90 bits per heavy atom. The van der Waals surface area contributed by atoms with Crippen molar-refractivity contribution in [2.45, 2.75) is 43.8 Å². The van der Waals surface area contributed by atoms with Crippen LogP contribution in [0.5, 0.6) is 11.8 Å². The number of piperidine rings is 1. The minimum absolute atomic E-state index is 0.0104. The zero-order valence-corrected chi connectivity index (χ0v) is 29.9. The summed E-state index contributed by atoms with van der Waals surface area (Å²) in [6.07, 6.45) is 1.85. The molecule has 268 valence electrons. The molecule has 0 radical (unpaired) electrons. The second-order valence-corrected chi connectivity index (χ2v) is 15.4. The number of esters is 1. The maximum Gasteiger partial charge on any atom is 0.319 e. The predicted molar refractivity (Wildman–Crippen MR) is 195 cm³/mol. The molecule has 2 aromatic heterocycles. The van der Waals surface area contributed by atoms with Crippen LogP contribution in [0, 0.1) is 28.9 Å². The summed E-state index contributed by atoms with van der Waals surface area (Å²) in [4.78, 5) is 26.4. The van der Waals surface area contributed by atoms with Gasteiger partial charge in [0, 0.05) is 42.4 Å². The summed E-state index contributed by atoms with van der Waals surface area (Å²) in [7, 11) is 0. The lowest BCUT2D eigenvalue weighted by Crippen LogP contribution is -2.43.